The van der Waals surface area contributed by atoms with Crippen LogP contribution < -0.4 is 10.6 Å². The van der Waals surface area contributed by atoms with Crippen LogP contribution in [0.5, 0.6) is 0 Å². The Morgan fingerprint density at radius 1 is 1.35 bits per heavy atom. The molecule has 0 saturated heterocycles. The number of thioether (sulfide) groups is 1. The fraction of sp³-hybridized carbons (Fsp3) is 0.357. The number of guanidine groups is 1. The average Bonchev–Trinajstić information content (AvgIpc) is 2.44. The van der Waals surface area contributed by atoms with E-state index in [0.29, 0.717) is 12.5 Å². The maximum absolute atomic E-state index is 12.7. The number of hydrogen-bond acceptors (Lipinski definition) is 2. The van der Waals surface area contributed by atoms with Crippen molar-refractivity contribution in [2.24, 2.45) is 4.99 Å². The van der Waals surface area contributed by atoms with E-state index in [0.717, 1.165) is 23.6 Å². The van der Waals surface area contributed by atoms with Crippen molar-refractivity contribution < 1.29 is 4.39 Å². The summed E-state index contributed by atoms with van der Waals surface area (Å²) in [6.07, 6.45) is 6.14. The summed E-state index contributed by atoms with van der Waals surface area (Å²) >= 11 is 1.71. The molecule has 0 aromatic heterocycles. The van der Waals surface area contributed by atoms with E-state index in [2.05, 4.69) is 21.5 Å². The van der Waals surface area contributed by atoms with E-state index >= 15 is 0 Å². The van der Waals surface area contributed by atoms with E-state index in [-0.39, 0.29) is 29.8 Å². The predicted molar refractivity (Wildman–Crippen MR) is 95.4 cm³/mol. The first-order valence-electron chi connectivity index (χ1n) is 6.02. The fourth-order valence-corrected chi connectivity index (χ4v) is 2.21. The molecule has 0 aliphatic carbocycles. The highest BCUT2D eigenvalue weighted by molar-refractivity contribution is 14.0. The van der Waals surface area contributed by atoms with E-state index in [9.17, 15) is 4.39 Å². The number of nitrogens with one attached hydrogen (secondary N) is 2. The lowest BCUT2D eigenvalue weighted by Gasteiger charge is -2.09. The predicted octanol–water partition coefficient (Wildman–Crippen LogP) is 2.72. The maximum atomic E-state index is 12.7. The Hall–Kier alpha value is -0.940. The van der Waals surface area contributed by atoms with Gasteiger partial charge in [0.25, 0.3) is 0 Å². The van der Waals surface area contributed by atoms with Crippen LogP contribution in [0.15, 0.2) is 34.2 Å². The van der Waals surface area contributed by atoms with Gasteiger partial charge in [-0.05, 0) is 36.4 Å². The zero-order valence-corrected chi connectivity index (χ0v) is 14.5. The third-order valence-corrected chi connectivity index (χ3v) is 3.38. The quantitative estimate of drug-likeness (QED) is 0.190. The second-order valence-corrected chi connectivity index (χ2v) is 4.88. The van der Waals surface area contributed by atoms with Gasteiger partial charge in [0.15, 0.2) is 5.96 Å². The highest BCUT2D eigenvalue weighted by Crippen LogP contribution is 2.18. The Morgan fingerprint density at radius 3 is 2.65 bits per heavy atom. The lowest BCUT2D eigenvalue weighted by molar-refractivity contribution is 0.626. The third-order valence-electron chi connectivity index (χ3n) is 2.28. The van der Waals surface area contributed by atoms with Gasteiger partial charge in [0.1, 0.15) is 5.82 Å². The molecule has 6 heteroatoms. The summed E-state index contributed by atoms with van der Waals surface area (Å²) in [4.78, 5) is 5.12. The number of aliphatic imine (C=N–C) groups is 1. The summed E-state index contributed by atoms with van der Waals surface area (Å²) in [5, 5.41) is 6.16. The number of hydrogen-bond donors (Lipinski definition) is 2. The fourth-order valence-electron chi connectivity index (χ4n) is 1.36. The molecule has 0 atom stereocenters. The molecule has 0 fully saturated rings. The van der Waals surface area contributed by atoms with Crippen LogP contribution in [0, 0.1) is 18.2 Å². The van der Waals surface area contributed by atoms with Crippen LogP contribution in [0.3, 0.4) is 0 Å². The third kappa shape index (κ3) is 8.27. The number of nitrogens with zero attached hydrogens (tertiary/aromatic N) is 1. The summed E-state index contributed by atoms with van der Waals surface area (Å²) in [7, 11) is 1.71. The summed E-state index contributed by atoms with van der Waals surface area (Å²) in [6, 6.07) is 6.54. The minimum Gasteiger partial charge on any atom is -0.356 e. The van der Waals surface area contributed by atoms with Crippen LogP contribution >= 0.6 is 35.7 Å². The molecule has 0 aliphatic rings. The zero-order chi connectivity index (χ0) is 13.9. The topological polar surface area (TPSA) is 36.4 Å². The van der Waals surface area contributed by atoms with E-state index < -0.39 is 0 Å². The molecule has 0 unspecified atom stereocenters. The van der Waals surface area contributed by atoms with Crippen LogP contribution in [0.25, 0.3) is 0 Å². The lowest BCUT2D eigenvalue weighted by Crippen LogP contribution is -2.37. The average molecular weight is 407 g/mol. The molecule has 20 heavy (non-hydrogen) atoms. The van der Waals surface area contributed by atoms with Gasteiger partial charge >= 0.3 is 0 Å². The molecular formula is C14H19FIN3S. The standard InChI is InChI=1S/C14H18FN3S.HI/c1-3-9-17-14(16-2)18-10-4-11-19-13-7-5-12(15)6-8-13;/h1,5-8H,4,9-11H2,2H3,(H2,16,17,18);1H. The van der Waals surface area contributed by atoms with Crippen LogP contribution in [-0.4, -0.2) is 31.8 Å². The Bertz CT molecular complexity index is 443. The van der Waals surface area contributed by atoms with Gasteiger partial charge in [-0.15, -0.1) is 42.2 Å². The Labute approximate surface area is 141 Å². The normalized spacial score (nSPS) is 10.3. The smallest absolute Gasteiger partial charge is 0.191 e. The Kier molecular flexibility index (Phi) is 11.3. The molecule has 110 valence electrons. The summed E-state index contributed by atoms with van der Waals surface area (Å²) in [5.41, 5.74) is 0. The molecule has 1 rings (SSSR count). The van der Waals surface area contributed by atoms with Gasteiger partial charge in [0.05, 0.1) is 6.54 Å². The lowest BCUT2D eigenvalue weighted by atomic mass is 10.4. The number of rotatable bonds is 6. The molecule has 0 heterocycles. The van der Waals surface area contributed by atoms with Gasteiger partial charge in [-0.3, -0.25) is 4.99 Å². The van der Waals surface area contributed by atoms with E-state index in [1.165, 1.54) is 12.1 Å². The van der Waals surface area contributed by atoms with Crippen molar-refractivity contribution in [2.75, 3.05) is 25.9 Å². The number of benzene rings is 1. The van der Waals surface area contributed by atoms with E-state index in [1.807, 2.05) is 0 Å². The molecule has 1 aromatic carbocycles. The number of halogens is 2. The van der Waals surface area contributed by atoms with Crippen molar-refractivity contribution in [3.63, 3.8) is 0 Å². The number of terminal acetylenes is 1. The highest BCUT2D eigenvalue weighted by atomic mass is 127. The van der Waals surface area contributed by atoms with Crippen molar-refractivity contribution in [1.29, 1.82) is 0 Å². The van der Waals surface area contributed by atoms with Gasteiger partial charge in [-0.1, -0.05) is 5.92 Å². The van der Waals surface area contributed by atoms with Gasteiger partial charge in [-0.25, -0.2) is 4.39 Å². The van der Waals surface area contributed by atoms with Crippen molar-refractivity contribution in [3.05, 3.63) is 30.1 Å². The second kappa shape index (κ2) is 11.9. The van der Waals surface area contributed by atoms with E-state index in [4.69, 9.17) is 6.42 Å². The SMILES string of the molecule is C#CCNC(=NC)NCCCSc1ccc(F)cc1.I. The molecular weight excluding hydrogens is 388 g/mol. The van der Waals surface area contributed by atoms with E-state index in [1.54, 1.807) is 30.9 Å². The van der Waals surface area contributed by atoms with Crippen LogP contribution in [-0.2, 0) is 0 Å². The molecule has 3 nitrogen and oxygen atoms in total. The molecule has 0 bridgehead atoms. The molecule has 0 saturated carbocycles. The molecule has 0 aliphatic heterocycles. The van der Waals surface area contributed by atoms with Crippen molar-refractivity contribution in [3.8, 4) is 12.3 Å². The molecule has 0 radical (unpaired) electrons. The van der Waals surface area contributed by atoms with Crippen LogP contribution in [0.2, 0.25) is 0 Å². The summed E-state index contributed by atoms with van der Waals surface area (Å²) in [6.45, 7) is 1.28. The Morgan fingerprint density at radius 2 is 2.05 bits per heavy atom. The second-order valence-electron chi connectivity index (χ2n) is 3.71. The minimum atomic E-state index is -0.200. The van der Waals surface area contributed by atoms with Gasteiger partial charge in [0, 0.05) is 18.5 Å². The first kappa shape index (κ1) is 19.1. The molecule has 1 aromatic rings. The van der Waals surface area contributed by atoms with Crippen molar-refractivity contribution in [2.45, 2.75) is 11.3 Å². The monoisotopic (exact) mass is 407 g/mol. The van der Waals surface area contributed by atoms with Crippen LogP contribution in [0.1, 0.15) is 6.42 Å². The maximum Gasteiger partial charge on any atom is 0.191 e. The molecule has 0 spiro atoms. The van der Waals surface area contributed by atoms with Gasteiger partial charge < -0.3 is 10.6 Å². The van der Waals surface area contributed by atoms with Crippen LogP contribution in [0.4, 0.5) is 4.39 Å². The highest BCUT2D eigenvalue weighted by Gasteiger charge is 1.97. The molecule has 0 amide bonds. The summed E-state index contributed by atoms with van der Waals surface area (Å²) in [5.74, 6) is 3.97. The molecule has 2 N–H and O–H groups in total. The zero-order valence-electron chi connectivity index (χ0n) is 11.4. The van der Waals surface area contributed by atoms with Gasteiger partial charge in [-0.2, -0.15) is 0 Å². The largest absolute Gasteiger partial charge is 0.356 e. The Balaban J connectivity index is 0.00000361. The van der Waals surface area contributed by atoms with Crippen molar-refractivity contribution >= 4 is 41.7 Å². The summed E-state index contributed by atoms with van der Waals surface area (Å²) < 4.78 is 12.7. The first-order chi connectivity index (χ1) is 9.26. The first-order valence-corrected chi connectivity index (χ1v) is 7.01. The minimum absolute atomic E-state index is 0. The van der Waals surface area contributed by atoms with Crippen molar-refractivity contribution in [1.82, 2.24) is 10.6 Å². The van der Waals surface area contributed by atoms with Gasteiger partial charge in [0.2, 0.25) is 0 Å².